The summed E-state index contributed by atoms with van der Waals surface area (Å²) in [6.07, 6.45) is 2.07. The number of nitrogens with zero attached hydrogens (tertiary/aromatic N) is 2. The van der Waals surface area contributed by atoms with E-state index in [1.165, 1.54) is 5.01 Å². The summed E-state index contributed by atoms with van der Waals surface area (Å²) in [5.74, 6) is 6.86. The summed E-state index contributed by atoms with van der Waals surface area (Å²) in [6, 6.07) is 7.30. The van der Waals surface area contributed by atoms with Crippen molar-refractivity contribution in [3.05, 3.63) is 35.4 Å². The van der Waals surface area contributed by atoms with Crippen LogP contribution in [0.2, 0.25) is 0 Å². The molecular weight excluding hydrogens is 266 g/mol. The molecular formula is C15H24N5O+. The van der Waals surface area contributed by atoms with Gasteiger partial charge in [0.25, 0.3) is 5.84 Å². The lowest BCUT2D eigenvalue weighted by Crippen LogP contribution is -2.49. The fourth-order valence-corrected chi connectivity index (χ4v) is 2.50. The van der Waals surface area contributed by atoms with Crippen LogP contribution in [0.4, 0.5) is 4.79 Å². The van der Waals surface area contributed by atoms with E-state index in [4.69, 9.17) is 17.0 Å². The minimum atomic E-state index is -0.128. The third-order valence-electron chi connectivity index (χ3n) is 3.91. The molecule has 1 aliphatic rings. The van der Waals surface area contributed by atoms with Crippen molar-refractivity contribution in [2.45, 2.75) is 26.3 Å². The van der Waals surface area contributed by atoms with Crippen molar-refractivity contribution >= 4 is 11.9 Å². The van der Waals surface area contributed by atoms with Gasteiger partial charge in [-0.3, -0.25) is 16.2 Å². The Balaban J connectivity index is 1.97. The first-order chi connectivity index (χ1) is 9.97. The van der Waals surface area contributed by atoms with Crippen LogP contribution in [0.1, 0.15) is 30.9 Å². The number of hydrogen-bond acceptors (Lipinski definition) is 2. The monoisotopic (exact) mass is 290 g/mol. The average Bonchev–Trinajstić information content (AvgIpc) is 2.47. The molecule has 6 heteroatoms. The summed E-state index contributed by atoms with van der Waals surface area (Å²) in [5, 5.41) is 6.83. The zero-order valence-electron chi connectivity index (χ0n) is 12.5. The molecule has 0 bridgehead atoms. The first-order valence-corrected chi connectivity index (χ1v) is 7.25. The van der Waals surface area contributed by atoms with Gasteiger partial charge in [-0.2, -0.15) is 0 Å². The Bertz CT molecular complexity index is 523. The maximum atomic E-state index is 12.3. The van der Waals surface area contributed by atoms with Gasteiger partial charge in [-0.25, -0.2) is 10.6 Å². The smallest absolute Gasteiger partial charge is 0.324 e. The molecule has 0 spiro atoms. The van der Waals surface area contributed by atoms with E-state index in [0.717, 1.165) is 37.1 Å². The molecule has 0 atom stereocenters. The number of amidine groups is 1. The predicted octanol–water partition coefficient (Wildman–Crippen LogP) is -0.321. The quantitative estimate of drug-likeness (QED) is 0.234. The van der Waals surface area contributed by atoms with E-state index >= 15 is 0 Å². The number of hydrogen-bond donors (Lipinski definition) is 3. The van der Waals surface area contributed by atoms with Crippen molar-refractivity contribution in [3.8, 4) is 0 Å². The van der Waals surface area contributed by atoms with E-state index in [9.17, 15) is 4.79 Å². The molecule has 2 amide bonds. The summed E-state index contributed by atoms with van der Waals surface area (Å²) < 4.78 is 0. The van der Waals surface area contributed by atoms with Gasteiger partial charge in [0.15, 0.2) is 0 Å². The van der Waals surface area contributed by atoms with Crippen LogP contribution in [-0.2, 0) is 6.54 Å². The molecule has 1 aromatic rings. The zero-order valence-corrected chi connectivity index (χ0v) is 12.5. The van der Waals surface area contributed by atoms with Crippen molar-refractivity contribution in [3.63, 3.8) is 0 Å². The normalized spacial score (nSPS) is 15.8. The maximum Gasteiger partial charge on any atom is 0.334 e. The lowest BCUT2D eigenvalue weighted by Gasteiger charge is -2.33. The third kappa shape index (κ3) is 3.95. The van der Waals surface area contributed by atoms with E-state index < -0.39 is 0 Å². The number of likely N-dealkylation sites (tertiary alicyclic amines) is 1. The van der Waals surface area contributed by atoms with Crippen molar-refractivity contribution in [1.82, 2.24) is 9.91 Å². The number of carbonyl (C=O) groups is 1. The van der Waals surface area contributed by atoms with Crippen LogP contribution in [-0.4, -0.2) is 34.9 Å². The fourth-order valence-electron chi connectivity index (χ4n) is 2.50. The molecule has 1 aromatic carbocycles. The van der Waals surface area contributed by atoms with Gasteiger partial charge in [-0.05, 0) is 36.5 Å². The number of amides is 2. The SMILES string of the molecule is CC1CCN(C(=O)N(N)Cc2cccc(C(N)=[NH2+])c2)CC1. The summed E-state index contributed by atoms with van der Waals surface area (Å²) in [4.78, 5) is 14.1. The Morgan fingerprint density at radius 2 is 2.10 bits per heavy atom. The number of urea groups is 1. The van der Waals surface area contributed by atoms with E-state index in [0.29, 0.717) is 12.5 Å². The molecule has 1 fully saturated rings. The predicted molar refractivity (Wildman–Crippen MR) is 81.8 cm³/mol. The van der Waals surface area contributed by atoms with Gasteiger partial charge >= 0.3 is 6.03 Å². The highest BCUT2D eigenvalue weighted by molar-refractivity contribution is 5.92. The topological polar surface area (TPSA) is 101 Å². The largest absolute Gasteiger partial charge is 0.334 e. The molecule has 114 valence electrons. The van der Waals surface area contributed by atoms with Crippen LogP contribution in [0.15, 0.2) is 24.3 Å². The molecule has 1 saturated heterocycles. The second-order valence-corrected chi connectivity index (χ2v) is 5.74. The molecule has 0 aliphatic carbocycles. The summed E-state index contributed by atoms with van der Waals surface area (Å²) in [5.41, 5.74) is 7.23. The maximum absolute atomic E-state index is 12.3. The number of benzene rings is 1. The van der Waals surface area contributed by atoms with E-state index in [1.807, 2.05) is 29.2 Å². The van der Waals surface area contributed by atoms with E-state index in [1.54, 1.807) is 0 Å². The lowest BCUT2D eigenvalue weighted by atomic mass is 10.00. The Morgan fingerprint density at radius 3 is 2.71 bits per heavy atom. The molecule has 0 saturated carbocycles. The third-order valence-corrected chi connectivity index (χ3v) is 3.91. The molecule has 0 aromatic heterocycles. The van der Waals surface area contributed by atoms with Gasteiger partial charge in [0.05, 0.1) is 12.1 Å². The Kier molecular flexibility index (Phi) is 4.80. The van der Waals surface area contributed by atoms with Gasteiger partial charge < -0.3 is 4.90 Å². The molecule has 0 radical (unpaired) electrons. The van der Waals surface area contributed by atoms with Crippen LogP contribution in [0, 0.1) is 5.92 Å². The van der Waals surface area contributed by atoms with Crippen LogP contribution >= 0.6 is 0 Å². The van der Waals surface area contributed by atoms with Gasteiger partial charge in [0.1, 0.15) is 0 Å². The Labute approximate surface area is 125 Å². The van der Waals surface area contributed by atoms with Crippen LogP contribution in [0.3, 0.4) is 0 Å². The number of rotatable bonds is 3. The molecule has 0 unspecified atom stereocenters. The summed E-state index contributed by atoms with van der Waals surface area (Å²) in [7, 11) is 0. The van der Waals surface area contributed by atoms with Crippen LogP contribution in [0.25, 0.3) is 0 Å². The molecule has 6 N–H and O–H groups in total. The minimum Gasteiger partial charge on any atom is -0.324 e. The first kappa shape index (κ1) is 15.3. The van der Waals surface area contributed by atoms with Gasteiger partial charge in [0.2, 0.25) is 0 Å². The van der Waals surface area contributed by atoms with Gasteiger partial charge in [0, 0.05) is 13.1 Å². The van der Waals surface area contributed by atoms with E-state index in [2.05, 4.69) is 6.92 Å². The Hall–Kier alpha value is -2.08. The molecule has 2 rings (SSSR count). The standard InChI is InChI=1S/C15H23N5O/c1-11-5-7-19(8-6-11)15(21)20(18)10-12-3-2-4-13(9-12)14(16)17/h2-4,9,11H,5-8,10,18H2,1H3,(H3,16,17)/p+1. The first-order valence-electron chi connectivity index (χ1n) is 7.25. The van der Waals surface area contributed by atoms with Crippen LogP contribution < -0.4 is 17.0 Å². The highest BCUT2D eigenvalue weighted by Gasteiger charge is 2.23. The highest BCUT2D eigenvalue weighted by atomic mass is 16.2. The number of hydrazine groups is 1. The second kappa shape index (κ2) is 6.58. The number of piperidine rings is 1. The fraction of sp³-hybridized carbons (Fsp3) is 0.467. The lowest BCUT2D eigenvalue weighted by molar-refractivity contribution is -0.114. The Morgan fingerprint density at radius 1 is 1.43 bits per heavy atom. The number of carbonyl (C=O) groups excluding carboxylic acids is 1. The summed E-state index contributed by atoms with van der Waals surface area (Å²) in [6.45, 7) is 4.10. The van der Waals surface area contributed by atoms with Crippen molar-refractivity contribution in [2.75, 3.05) is 13.1 Å². The van der Waals surface area contributed by atoms with E-state index in [-0.39, 0.29) is 11.9 Å². The van der Waals surface area contributed by atoms with Crippen molar-refractivity contribution in [2.24, 2.45) is 17.5 Å². The van der Waals surface area contributed by atoms with Crippen molar-refractivity contribution in [1.29, 1.82) is 0 Å². The molecule has 1 aliphatic heterocycles. The summed E-state index contributed by atoms with van der Waals surface area (Å²) >= 11 is 0. The minimum absolute atomic E-state index is 0.128. The van der Waals surface area contributed by atoms with Gasteiger partial charge in [-0.15, -0.1) is 0 Å². The molecule has 6 nitrogen and oxygen atoms in total. The zero-order chi connectivity index (χ0) is 15.4. The average molecular weight is 290 g/mol. The van der Waals surface area contributed by atoms with Crippen LogP contribution in [0.5, 0.6) is 0 Å². The molecule has 21 heavy (non-hydrogen) atoms. The second-order valence-electron chi connectivity index (χ2n) is 5.74. The molecule has 1 heterocycles. The highest BCUT2D eigenvalue weighted by Crippen LogP contribution is 2.17. The van der Waals surface area contributed by atoms with Gasteiger partial charge in [-0.1, -0.05) is 19.1 Å². The van der Waals surface area contributed by atoms with Crippen molar-refractivity contribution < 1.29 is 10.2 Å². The number of nitrogens with two attached hydrogens (primary N) is 3.